The van der Waals surface area contributed by atoms with Crippen LogP contribution in [-0.2, 0) is 0 Å². The van der Waals surface area contributed by atoms with Gasteiger partial charge in [0.2, 0.25) is 0 Å². The van der Waals surface area contributed by atoms with Crippen molar-refractivity contribution in [2.75, 3.05) is 18.5 Å². The molecule has 0 saturated heterocycles. The first-order valence-corrected chi connectivity index (χ1v) is 5.31. The molecular formula is C10H16ClN3. The number of anilines is 1. The van der Waals surface area contributed by atoms with Crippen molar-refractivity contribution in [2.24, 2.45) is 0 Å². The lowest BCUT2D eigenvalue weighted by molar-refractivity contribution is 0.704. The largest absolute Gasteiger partial charge is 0.373 e. The molecule has 3 nitrogen and oxygen atoms in total. The van der Waals surface area contributed by atoms with Gasteiger partial charge < -0.3 is 4.90 Å². The summed E-state index contributed by atoms with van der Waals surface area (Å²) in [5.74, 6) is 0. The van der Waals surface area contributed by atoms with Crippen LogP contribution in [0.3, 0.4) is 0 Å². The molecule has 0 amide bonds. The predicted molar refractivity (Wildman–Crippen MR) is 59.8 cm³/mol. The van der Waals surface area contributed by atoms with Crippen molar-refractivity contribution in [3.05, 3.63) is 17.4 Å². The fraction of sp³-hybridized carbons (Fsp3) is 0.600. The molecule has 0 N–H and O–H groups in total. The van der Waals surface area contributed by atoms with Crippen molar-refractivity contribution in [2.45, 2.75) is 26.2 Å². The summed E-state index contributed by atoms with van der Waals surface area (Å²) < 4.78 is 0. The van der Waals surface area contributed by atoms with Crippen LogP contribution >= 0.6 is 11.6 Å². The SMILES string of the molecule is CCCCCN(C)c1cnnc(Cl)c1. The molecule has 0 bridgehead atoms. The number of hydrogen-bond donors (Lipinski definition) is 0. The van der Waals surface area contributed by atoms with Gasteiger partial charge in [-0.25, -0.2) is 0 Å². The number of nitrogens with zero attached hydrogens (tertiary/aromatic N) is 3. The average molecular weight is 214 g/mol. The molecule has 0 aromatic carbocycles. The minimum absolute atomic E-state index is 0.449. The average Bonchev–Trinajstić information content (AvgIpc) is 2.18. The van der Waals surface area contributed by atoms with E-state index in [1.807, 2.05) is 13.1 Å². The lowest BCUT2D eigenvalue weighted by Gasteiger charge is -2.18. The number of aromatic nitrogens is 2. The maximum atomic E-state index is 5.75. The normalized spacial score (nSPS) is 10.2. The molecule has 78 valence electrons. The summed E-state index contributed by atoms with van der Waals surface area (Å²) in [7, 11) is 2.04. The van der Waals surface area contributed by atoms with Gasteiger partial charge in [0, 0.05) is 19.7 Å². The van der Waals surface area contributed by atoms with Crippen LogP contribution in [-0.4, -0.2) is 23.8 Å². The van der Waals surface area contributed by atoms with Gasteiger partial charge in [-0.1, -0.05) is 31.4 Å². The molecule has 1 aromatic rings. The van der Waals surface area contributed by atoms with Crippen molar-refractivity contribution in [3.8, 4) is 0 Å². The lowest BCUT2D eigenvalue weighted by atomic mass is 10.2. The molecule has 0 aliphatic carbocycles. The van der Waals surface area contributed by atoms with Gasteiger partial charge in [-0.2, -0.15) is 5.10 Å². The van der Waals surface area contributed by atoms with Gasteiger partial charge in [0.1, 0.15) is 0 Å². The highest BCUT2D eigenvalue weighted by molar-refractivity contribution is 6.29. The Balaban J connectivity index is 2.47. The van der Waals surface area contributed by atoms with Gasteiger partial charge in [0.25, 0.3) is 0 Å². The highest BCUT2D eigenvalue weighted by atomic mass is 35.5. The first kappa shape index (κ1) is 11.2. The smallest absolute Gasteiger partial charge is 0.153 e. The van der Waals surface area contributed by atoms with E-state index in [1.54, 1.807) is 6.20 Å². The van der Waals surface area contributed by atoms with E-state index in [1.165, 1.54) is 19.3 Å². The molecular weight excluding hydrogens is 198 g/mol. The molecule has 1 heterocycles. The second-order valence-electron chi connectivity index (χ2n) is 3.37. The van der Waals surface area contributed by atoms with E-state index in [0.29, 0.717) is 5.15 Å². The highest BCUT2D eigenvalue weighted by Gasteiger charge is 2.01. The minimum atomic E-state index is 0.449. The second kappa shape index (κ2) is 5.81. The van der Waals surface area contributed by atoms with Gasteiger partial charge in [-0.3, -0.25) is 0 Å². The Morgan fingerprint density at radius 2 is 2.21 bits per heavy atom. The maximum Gasteiger partial charge on any atom is 0.153 e. The second-order valence-corrected chi connectivity index (χ2v) is 3.75. The first-order valence-electron chi connectivity index (χ1n) is 4.93. The zero-order valence-corrected chi connectivity index (χ0v) is 9.46. The van der Waals surface area contributed by atoms with Crippen LogP contribution in [0.4, 0.5) is 5.69 Å². The number of rotatable bonds is 5. The van der Waals surface area contributed by atoms with E-state index in [9.17, 15) is 0 Å². The Labute approximate surface area is 90.1 Å². The molecule has 14 heavy (non-hydrogen) atoms. The molecule has 0 unspecified atom stereocenters. The van der Waals surface area contributed by atoms with E-state index >= 15 is 0 Å². The Kier molecular flexibility index (Phi) is 4.66. The van der Waals surface area contributed by atoms with Crippen LogP contribution in [0.15, 0.2) is 12.3 Å². The summed E-state index contributed by atoms with van der Waals surface area (Å²) in [4.78, 5) is 2.15. The zero-order chi connectivity index (χ0) is 10.4. The van der Waals surface area contributed by atoms with Gasteiger partial charge in [-0.05, 0) is 6.42 Å². The van der Waals surface area contributed by atoms with Crippen LogP contribution in [0.5, 0.6) is 0 Å². The van der Waals surface area contributed by atoms with E-state index in [0.717, 1.165) is 12.2 Å². The third-order valence-electron chi connectivity index (χ3n) is 2.15. The quantitative estimate of drug-likeness (QED) is 0.705. The Morgan fingerprint density at radius 1 is 1.43 bits per heavy atom. The standard InChI is InChI=1S/C10H16ClN3/c1-3-4-5-6-14(2)9-7-10(11)13-12-8-9/h7-8H,3-6H2,1-2H3. The molecule has 0 atom stereocenters. The molecule has 0 fully saturated rings. The minimum Gasteiger partial charge on any atom is -0.373 e. The van der Waals surface area contributed by atoms with Crippen molar-refractivity contribution in [1.82, 2.24) is 10.2 Å². The molecule has 0 aliphatic rings. The first-order chi connectivity index (χ1) is 6.74. The molecule has 1 rings (SSSR count). The van der Waals surface area contributed by atoms with E-state index in [2.05, 4.69) is 22.0 Å². The predicted octanol–water partition coefficient (Wildman–Crippen LogP) is 2.76. The summed E-state index contributed by atoms with van der Waals surface area (Å²) in [5, 5.41) is 7.97. The monoisotopic (exact) mass is 213 g/mol. The maximum absolute atomic E-state index is 5.75. The van der Waals surface area contributed by atoms with Crippen molar-refractivity contribution in [3.63, 3.8) is 0 Å². The molecule has 0 saturated carbocycles. The third kappa shape index (κ3) is 3.50. The summed E-state index contributed by atoms with van der Waals surface area (Å²) >= 11 is 5.75. The van der Waals surface area contributed by atoms with E-state index < -0.39 is 0 Å². The number of unbranched alkanes of at least 4 members (excludes halogenated alkanes) is 2. The van der Waals surface area contributed by atoms with Crippen LogP contribution in [0, 0.1) is 0 Å². The summed E-state index contributed by atoms with van der Waals surface area (Å²) in [5.41, 5.74) is 1.03. The zero-order valence-electron chi connectivity index (χ0n) is 8.70. The molecule has 4 heteroatoms. The van der Waals surface area contributed by atoms with Gasteiger partial charge in [0.15, 0.2) is 5.15 Å². The summed E-state index contributed by atoms with van der Waals surface area (Å²) in [6.45, 7) is 3.24. The third-order valence-corrected chi connectivity index (χ3v) is 2.33. The fourth-order valence-electron chi connectivity index (χ4n) is 1.27. The van der Waals surface area contributed by atoms with Crippen LogP contribution < -0.4 is 4.90 Å². The Hall–Kier alpha value is -0.830. The Bertz CT molecular complexity index is 278. The summed E-state index contributed by atoms with van der Waals surface area (Å²) in [6.07, 6.45) is 5.44. The molecule has 0 spiro atoms. The van der Waals surface area contributed by atoms with Crippen molar-refractivity contribution < 1.29 is 0 Å². The van der Waals surface area contributed by atoms with Gasteiger partial charge >= 0.3 is 0 Å². The van der Waals surface area contributed by atoms with Gasteiger partial charge in [-0.15, -0.1) is 5.10 Å². The van der Waals surface area contributed by atoms with E-state index in [4.69, 9.17) is 11.6 Å². The lowest BCUT2D eigenvalue weighted by Crippen LogP contribution is -2.18. The molecule has 1 aromatic heterocycles. The summed E-state index contributed by atoms with van der Waals surface area (Å²) in [6, 6.07) is 1.83. The number of hydrogen-bond acceptors (Lipinski definition) is 3. The Morgan fingerprint density at radius 3 is 2.86 bits per heavy atom. The molecule has 0 radical (unpaired) electrons. The van der Waals surface area contributed by atoms with Crippen molar-refractivity contribution in [1.29, 1.82) is 0 Å². The van der Waals surface area contributed by atoms with Gasteiger partial charge in [0.05, 0.1) is 11.9 Å². The van der Waals surface area contributed by atoms with Crippen LogP contribution in [0.2, 0.25) is 5.15 Å². The number of halogens is 1. The highest BCUT2D eigenvalue weighted by Crippen LogP contribution is 2.14. The van der Waals surface area contributed by atoms with Crippen molar-refractivity contribution >= 4 is 17.3 Å². The van der Waals surface area contributed by atoms with E-state index in [-0.39, 0.29) is 0 Å². The fourth-order valence-corrected chi connectivity index (χ4v) is 1.42. The topological polar surface area (TPSA) is 29.0 Å². The molecule has 0 aliphatic heterocycles. The van der Waals surface area contributed by atoms with Crippen LogP contribution in [0.25, 0.3) is 0 Å². The van der Waals surface area contributed by atoms with Crippen LogP contribution in [0.1, 0.15) is 26.2 Å².